The van der Waals surface area contributed by atoms with E-state index in [1.165, 1.54) is 0 Å². The molecule has 3 rings (SSSR count). The van der Waals surface area contributed by atoms with Crippen LogP contribution in [0.3, 0.4) is 0 Å². The summed E-state index contributed by atoms with van der Waals surface area (Å²) >= 11 is 0. The number of aromatic nitrogens is 2. The molecule has 0 aliphatic rings. The zero-order chi connectivity index (χ0) is 19.9. The molecule has 0 bridgehead atoms. The number of nitrogens with zero attached hydrogens (tertiary/aromatic N) is 2. The van der Waals surface area contributed by atoms with Crippen LogP contribution in [-0.2, 0) is 0 Å². The SMILES string of the molecule is COc1ccc(OC)c(Nc2ccnc(Nc3ccccc3OC(C)C)n2)c1. The van der Waals surface area contributed by atoms with Gasteiger partial charge in [-0.25, -0.2) is 4.98 Å². The topological polar surface area (TPSA) is 77.5 Å². The van der Waals surface area contributed by atoms with Crippen LogP contribution >= 0.6 is 0 Å². The molecule has 0 saturated carbocycles. The van der Waals surface area contributed by atoms with E-state index in [2.05, 4.69) is 20.6 Å². The molecule has 0 spiro atoms. The van der Waals surface area contributed by atoms with E-state index in [1.807, 2.05) is 56.3 Å². The summed E-state index contributed by atoms with van der Waals surface area (Å²) in [7, 11) is 3.24. The molecule has 1 aromatic heterocycles. The summed E-state index contributed by atoms with van der Waals surface area (Å²) in [5.41, 5.74) is 1.54. The van der Waals surface area contributed by atoms with Gasteiger partial charge in [0.25, 0.3) is 0 Å². The molecule has 7 heteroatoms. The lowest BCUT2D eigenvalue weighted by Gasteiger charge is -2.15. The molecule has 146 valence electrons. The molecule has 0 atom stereocenters. The Morgan fingerprint density at radius 1 is 0.857 bits per heavy atom. The van der Waals surface area contributed by atoms with E-state index in [0.29, 0.717) is 17.5 Å². The van der Waals surface area contributed by atoms with Crippen LogP contribution in [0.25, 0.3) is 0 Å². The lowest BCUT2D eigenvalue weighted by Crippen LogP contribution is -2.08. The summed E-state index contributed by atoms with van der Waals surface area (Å²) < 4.78 is 16.5. The van der Waals surface area contributed by atoms with Gasteiger partial charge in [0.1, 0.15) is 23.1 Å². The highest BCUT2D eigenvalue weighted by Gasteiger charge is 2.09. The minimum atomic E-state index is 0.0670. The average Bonchev–Trinajstić information content (AvgIpc) is 2.69. The third-order valence-corrected chi connectivity index (χ3v) is 3.82. The molecule has 0 fully saturated rings. The van der Waals surface area contributed by atoms with Crippen molar-refractivity contribution in [1.29, 1.82) is 0 Å². The molecule has 0 saturated heterocycles. The van der Waals surface area contributed by atoms with Crippen LogP contribution in [-0.4, -0.2) is 30.3 Å². The van der Waals surface area contributed by atoms with Crippen LogP contribution in [0.4, 0.5) is 23.1 Å². The van der Waals surface area contributed by atoms with Crippen molar-refractivity contribution in [2.24, 2.45) is 0 Å². The summed E-state index contributed by atoms with van der Waals surface area (Å²) in [5, 5.41) is 6.46. The number of hydrogen-bond donors (Lipinski definition) is 2. The van der Waals surface area contributed by atoms with Gasteiger partial charge in [-0.15, -0.1) is 0 Å². The van der Waals surface area contributed by atoms with Gasteiger partial charge in [0.2, 0.25) is 5.95 Å². The number of ether oxygens (including phenoxy) is 3. The Kier molecular flexibility index (Phi) is 6.16. The van der Waals surface area contributed by atoms with Gasteiger partial charge in [-0.05, 0) is 44.2 Å². The van der Waals surface area contributed by atoms with Crippen molar-refractivity contribution < 1.29 is 14.2 Å². The Morgan fingerprint density at radius 3 is 2.43 bits per heavy atom. The highest BCUT2D eigenvalue weighted by Crippen LogP contribution is 2.32. The maximum absolute atomic E-state index is 5.84. The lowest BCUT2D eigenvalue weighted by molar-refractivity contribution is 0.244. The monoisotopic (exact) mass is 380 g/mol. The first-order valence-corrected chi connectivity index (χ1v) is 8.94. The van der Waals surface area contributed by atoms with Crippen LogP contribution in [0.5, 0.6) is 17.2 Å². The number of hydrogen-bond acceptors (Lipinski definition) is 7. The standard InChI is InChI=1S/C21H24N4O3/c1-14(2)28-19-8-6-5-7-16(19)24-21-22-12-11-20(25-21)23-17-13-15(26-3)9-10-18(17)27-4/h5-14H,1-4H3,(H2,22,23,24,25). The van der Waals surface area contributed by atoms with Crippen LogP contribution < -0.4 is 24.8 Å². The van der Waals surface area contributed by atoms with Gasteiger partial charge in [-0.3, -0.25) is 0 Å². The van der Waals surface area contributed by atoms with Crippen LogP contribution in [0.15, 0.2) is 54.7 Å². The summed E-state index contributed by atoms with van der Waals surface area (Å²) in [4.78, 5) is 8.83. The van der Waals surface area contributed by atoms with E-state index in [9.17, 15) is 0 Å². The third kappa shape index (κ3) is 4.82. The van der Waals surface area contributed by atoms with Gasteiger partial charge in [0, 0.05) is 12.3 Å². The Morgan fingerprint density at radius 2 is 1.68 bits per heavy atom. The summed E-state index contributed by atoms with van der Waals surface area (Å²) in [6.07, 6.45) is 1.74. The fraction of sp³-hybridized carbons (Fsp3) is 0.238. The number of nitrogens with one attached hydrogen (secondary N) is 2. The van der Waals surface area contributed by atoms with E-state index in [4.69, 9.17) is 14.2 Å². The van der Waals surface area contributed by atoms with Crippen molar-refractivity contribution in [1.82, 2.24) is 9.97 Å². The quantitative estimate of drug-likeness (QED) is 0.583. The average molecular weight is 380 g/mol. The van der Waals surface area contributed by atoms with E-state index >= 15 is 0 Å². The third-order valence-electron chi connectivity index (χ3n) is 3.82. The maximum Gasteiger partial charge on any atom is 0.229 e. The van der Waals surface area contributed by atoms with Gasteiger partial charge in [0.15, 0.2) is 0 Å². The summed E-state index contributed by atoms with van der Waals surface area (Å²) in [5.74, 6) is 3.21. The van der Waals surface area contributed by atoms with Crippen molar-refractivity contribution in [2.75, 3.05) is 24.9 Å². The normalized spacial score (nSPS) is 10.5. The molecular formula is C21H24N4O3. The Labute approximate surface area is 164 Å². The van der Waals surface area contributed by atoms with Gasteiger partial charge >= 0.3 is 0 Å². The smallest absolute Gasteiger partial charge is 0.229 e. The number of methoxy groups -OCH3 is 2. The van der Waals surface area contributed by atoms with Gasteiger partial charge in [-0.2, -0.15) is 4.98 Å². The first kappa shape index (κ1) is 19.3. The largest absolute Gasteiger partial charge is 0.497 e. The second kappa shape index (κ2) is 8.94. The predicted molar refractivity (Wildman–Crippen MR) is 110 cm³/mol. The first-order chi connectivity index (χ1) is 13.6. The molecule has 1 heterocycles. The summed E-state index contributed by atoms with van der Waals surface area (Å²) in [6, 6.07) is 15.0. The molecule has 0 unspecified atom stereocenters. The lowest BCUT2D eigenvalue weighted by atomic mass is 10.2. The van der Waals surface area contributed by atoms with Crippen LogP contribution in [0, 0.1) is 0 Å². The van der Waals surface area contributed by atoms with Crippen molar-refractivity contribution in [3.8, 4) is 17.2 Å². The molecule has 2 N–H and O–H groups in total. The zero-order valence-corrected chi connectivity index (χ0v) is 16.4. The van der Waals surface area contributed by atoms with Crippen molar-refractivity contribution in [2.45, 2.75) is 20.0 Å². The second-order valence-corrected chi connectivity index (χ2v) is 6.24. The van der Waals surface area contributed by atoms with E-state index in [1.54, 1.807) is 26.5 Å². The minimum absolute atomic E-state index is 0.0670. The highest BCUT2D eigenvalue weighted by atomic mass is 16.5. The second-order valence-electron chi connectivity index (χ2n) is 6.24. The molecule has 2 aromatic carbocycles. The van der Waals surface area contributed by atoms with Gasteiger partial charge in [0.05, 0.1) is 31.7 Å². The molecule has 0 aliphatic carbocycles. The van der Waals surface area contributed by atoms with Crippen molar-refractivity contribution >= 4 is 23.1 Å². The molecular weight excluding hydrogens is 356 g/mol. The number of anilines is 4. The predicted octanol–water partition coefficient (Wildman–Crippen LogP) is 4.77. The Hall–Kier alpha value is -3.48. The molecule has 28 heavy (non-hydrogen) atoms. The Bertz CT molecular complexity index is 931. The van der Waals surface area contributed by atoms with E-state index in [0.717, 1.165) is 22.9 Å². The first-order valence-electron chi connectivity index (χ1n) is 8.94. The highest BCUT2D eigenvalue weighted by molar-refractivity contribution is 5.68. The fourth-order valence-electron chi connectivity index (χ4n) is 2.59. The molecule has 0 radical (unpaired) electrons. The van der Waals surface area contributed by atoms with E-state index in [-0.39, 0.29) is 6.10 Å². The molecule has 7 nitrogen and oxygen atoms in total. The number of benzene rings is 2. The Balaban J connectivity index is 1.82. The van der Waals surface area contributed by atoms with Crippen LogP contribution in [0.1, 0.15) is 13.8 Å². The van der Waals surface area contributed by atoms with Crippen molar-refractivity contribution in [3.63, 3.8) is 0 Å². The fourth-order valence-corrected chi connectivity index (χ4v) is 2.59. The molecule has 0 aliphatic heterocycles. The summed E-state index contributed by atoms with van der Waals surface area (Å²) in [6.45, 7) is 3.97. The van der Waals surface area contributed by atoms with Gasteiger partial charge in [-0.1, -0.05) is 12.1 Å². The number of rotatable bonds is 8. The van der Waals surface area contributed by atoms with Crippen LogP contribution in [0.2, 0.25) is 0 Å². The van der Waals surface area contributed by atoms with Crippen molar-refractivity contribution in [3.05, 3.63) is 54.7 Å². The number of para-hydroxylation sites is 2. The minimum Gasteiger partial charge on any atom is -0.497 e. The van der Waals surface area contributed by atoms with Gasteiger partial charge < -0.3 is 24.8 Å². The zero-order valence-electron chi connectivity index (χ0n) is 16.4. The molecule has 3 aromatic rings. The molecule has 0 amide bonds. The van der Waals surface area contributed by atoms with E-state index < -0.39 is 0 Å². The maximum atomic E-state index is 5.84.